The van der Waals surface area contributed by atoms with Crippen LogP contribution < -0.4 is 5.32 Å². The summed E-state index contributed by atoms with van der Waals surface area (Å²) in [6.45, 7) is 2.39. The van der Waals surface area contributed by atoms with E-state index in [-0.39, 0.29) is 11.8 Å². The molecular formula is C12H13ClN2O2. The molecule has 0 aliphatic heterocycles. The van der Waals surface area contributed by atoms with Crippen molar-refractivity contribution in [3.05, 3.63) is 29.7 Å². The van der Waals surface area contributed by atoms with Gasteiger partial charge in [-0.05, 0) is 24.1 Å². The summed E-state index contributed by atoms with van der Waals surface area (Å²) in [6, 6.07) is 5.85. The van der Waals surface area contributed by atoms with Crippen molar-refractivity contribution in [2.75, 3.05) is 12.4 Å². The quantitative estimate of drug-likeness (QED) is 0.848. The molecular weight excluding hydrogens is 240 g/mol. The number of fused-ring (bicyclic) bond motifs is 1. The van der Waals surface area contributed by atoms with Crippen LogP contribution in [0.4, 0.5) is 0 Å². The number of oxazole rings is 1. The topological polar surface area (TPSA) is 55.1 Å². The smallest absolute Gasteiger partial charge is 0.234 e. The molecule has 1 amide bonds. The van der Waals surface area contributed by atoms with E-state index >= 15 is 0 Å². The third kappa shape index (κ3) is 2.97. The Morgan fingerprint density at radius 1 is 1.53 bits per heavy atom. The number of amides is 1. The highest BCUT2D eigenvalue weighted by atomic mass is 35.5. The van der Waals surface area contributed by atoms with Crippen LogP contribution in [0.15, 0.2) is 22.6 Å². The lowest BCUT2D eigenvalue weighted by Crippen LogP contribution is -2.26. The van der Waals surface area contributed by atoms with Crippen molar-refractivity contribution >= 4 is 28.6 Å². The minimum Gasteiger partial charge on any atom is -0.441 e. The molecule has 5 heteroatoms. The van der Waals surface area contributed by atoms with Gasteiger partial charge in [-0.1, -0.05) is 6.07 Å². The van der Waals surface area contributed by atoms with Gasteiger partial charge >= 0.3 is 0 Å². The van der Waals surface area contributed by atoms with Crippen LogP contribution in [0.3, 0.4) is 0 Å². The highest BCUT2D eigenvalue weighted by molar-refractivity contribution is 6.27. The Kier molecular flexibility index (Phi) is 3.64. The average molecular weight is 253 g/mol. The largest absolute Gasteiger partial charge is 0.441 e. The lowest BCUT2D eigenvalue weighted by molar-refractivity contribution is -0.118. The molecule has 0 unspecified atom stereocenters. The van der Waals surface area contributed by atoms with Crippen molar-refractivity contribution in [1.82, 2.24) is 10.3 Å². The molecule has 0 bridgehead atoms. The SMILES string of the molecule is Cc1nc2ccc(CCNC(=O)CCl)cc2o1. The average Bonchev–Trinajstić information content (AvgIpc) is 2.68. The number of aryl methyl sites for hydroxylation is 1. The number of hydrogen-bond acceptors (Lipinski definition) is 3. The molecule has 0 aliphatic carbocycles. The normalized spacial score (nSPS) is 10.7. The van der Waals surface area contributed by atoms with Gasteiger partial charge in [-0.3, -0.25) is 4.79 Å². The van der Waals surface area contributed by atoms with Crippen molar-refractivity contribution in [2.45, 2.75) is 13.3 Å². The Hall–Kier alpha value is -1.55. The molecule has 0 radical (unpaired) electrons. The highest BCUT2D eigenvalue weighted by Crippen LogP contribution is 2.16. The van der Waals surface area contributed by atoms with Crippen molar-refractivity contribution in [3.63, 3.8) is 0 Å². The Morgan fingerprint density at radius 2 is 2.35 bits per heavy atom. The molecule has 17 heavy (non-hydrogen) atoms. The second kappa shape index (κ2) is 5.19. The van der Waals surface area contributed by atoms with Crippen LogP contribution in [-0.4, -0.2) is 23.3 Å². The number of carbonyl (C=O) groups excluding carboxylic acids is 1. The maximum atomic E-state index is 10.9. The van der Waals surface area contributed by atoms with Gasteiger partial charge in [0.2, 0.25) is 5.91 Å². The van der Waals surface area contributed by atoms with E-state index in [1.807, 2.05) is 25.1 Å². The van der Waals surface area contributed by atoms with Gasteiger partial charge in [0, 0.05) is 13.5 Å². The molecule has 90 valence electrons. The minimum atomic E-state index is -0.150. The zero-order valence-corrected chi connectivity index (χ0v) is 10.3. The van der Waals surface area contributed by atoms with E-state index in [9.17, 15) is 4.79 Å². The Bertz CT molecular complexity index is 536. The van der Waals surface area contributed by atoms with Crippen LogP contribution in [0.1, 0.15) is 11.5 Å². The van der Waals surface area contributed by atoms with Crippen LogP contribution in [-0.2, 0) is 11.2 Å². The predicted octanol–water partition coefficient (Wildman–Crippen LogP) is 2.03. The molecule has 0 spiro atoms. The monoisotopic (exact) mass is 252 g/mol. The van der Waals surface area contributed by atoms with Gasteiger partial charge in [0.15, 0.2) is 11.5 Å². The molecule has 1 aromatic heterocycles. The summed E-state index contributed by atoms with van der Waals surface area (Å²) >= 11 is 5.38. The second-order valence-corrected chi connectivity index (χ2v) is 4.04. The molecule has 1 heterocycles. The van der Waals surface area contributed by atoms with Crippen molar-refractivity contribution in [3.8, 4) is 0 Å². The number of nitrogens with one attached hydrogen (secondary N) is 1. The first-order chi connectivity index (χ1) is 8.19. The van der Waals surface area contributed by atoms with Crippen LogP contribution in [0, 0.1) is 6.92 Å². The molecule has 4 nitrogen and oxygen atoms in total. The number of hydrogen-bond donors (Lipinski definition) is 1. The summed E-state index contributed by atoms with van der Waals surface area (Å²) in [6.07, 6.45) is 0.748. The fourth-order valence-corrected chi connectivity index (χ4v) is 1.73. The molecule has 1 aromatic carbocycles. The first-order valence-electron chi connectivity index (χ1n) is 5.38. The van der Waals surface area contributed by atoms with Crippen LogP contribution >= 0.6 is 11.6 Å². The molecule has 0 aliphatic rings. The number of carbonyl (C=O) groups is 1. The van der Waals surface area contributed by atoms with Crippen molar-refractivity contribution < 1.29 is 9.21 Å². The van der Waals surface area contributed by atoms with E-state index in [1.165, 1.54) is 0 Å². The number of aromatic nitrogens is 1. The third-order valence-corrected chi connectivity index (χ3v) is 2.66. The van der Waals surface area contributed by atoms with Crippen LogP contribution in [0.2, 0.25) is 0 Å². The number of alkyl halides is 1. The van der Waals surface area contributed by atoms with Gasteiger partial charge in [0.1, 0.15) is 11.4 Å². The summed E-state index contributed by atoms with van der Waals surface area (Å²) in [5, 5.41) is 2.72. The summed E-state index contributed by atoms with van der Waals surface area (Å²) in [5.41, 5.74) is 2.74. The molecule has 0 saturated heterocycles. The molecule has 0 atom stereocenters. The molecule has 2 aromatic rings. The summed E-state index contributed by atoms with van der Waals surface area (Å²) in [4.78, 5) is 15.2. The fraction of sp³-hybridized carbons (Fsp3) is 0.333. The van der Waals surface area contributed by atoms with Gasteiger partial charge in [-0.2, -0.15) is 0 Å². The Morgan fingerprint density at radius 3 is 3.12 bits per heavy atom. The highest BCUT2D eigenvalue weighted by Gasteiger charge is 2.03. The lowest BCUT2D eigenvalue weighted by atomic mass is 10.1. The van der Waals surface area contributed by atoms with E-state index in [2.05, 4.69) is 10.3 Å². The van der Waals surface area contributed by atoms with Crippen molar-refractivity contribution in [2.24, 2.45) is 0 Å². The van der Waals surface area contributed by atoms with E-state index in [0.717, 1.165) is 23.1 Å². The Labute approximate surface area is 104 Å². The maximum absolute atomic E-state index is 10.9. The number of nitrogens with zero attached hydrogens (tertiary/aromatic N) is 1. The molecule has 2 rings (SSSR count). The van der Waals surface area contributed by atoms with Crippen molar-refractivity contribution in [1.29, 1.82) is 0 Å². The molecule has 1 N–H and O–H groups in total. The van der Waals surface area contributed by atoms with E-state index in [0.29, 0.717) is 12.4 Å². The Balaban J connectivity index is 2.01. The number of halogens is 1. The van der Waals surface area contributed by atoms with Gasteiger partial charge in [-0.25, -0.2) is 4.98 Å². The van der Waals surface area contributed by atoms with Crippen LogP contribution in [0.5, 0.6) is 0 Å². The van der Waals surface area contributed by atoms with Gasteiger partial charge in [0.25, 0.3) is 0 Å². The zero-order chi connectivity index (χ0) is 12.3. The molecule has 0 saturated carbocycles. The van der Waals surface area contributed by atoms with Crippen LogP contribution in [0.25, 0.3) is 11.1 Å². The van der Waals surface area contributed by atoms with Gasteiger partial charge in [-0.15, -0.1) is 11.6 Å². The van der Waals surface area contributed by atoms with E-state index in [4.69, 9.17) is 16.0 Å². The maximum Gasteiger partial charge on any atom is 0.234 e. The minimum absolute atomic E-state index is 0.000331. The summed E-state index contributed by atoms with van der Waals surface area (Å²) in [7, 11) is 0. The number of rotatable bonds is 4. The van der Waals surface area contributed by atoms with Gasteiger partial charge < -0.3 is 9.73 Å². The van der Waals surface area contributed by atoms with E-state index < -0.39 is 0 Å². The standard InChI is InChI=1S/C12H13ClN2O2/c1-8-15-10-3-2-9(6-11(10)17-8)4-5-14-12(16)7-13/h2-3,6H,4-5,7H2,1H3,(H,14,16). The fourth-order valence-electron chi connectivity index (χ4n) is 1.63. The second-order valence-electron chi connectivity index (χ2n) is 3.77. The van der Waals surface area contributed by atoms with E-state index in [1.54, 1.807) is 0 Å². The summed E-state index contributed by atoms with van der Waals surface area (Å²) < 4.78 is 5.44. The number of benzene rings is 1. The zero-order valence-electron chi connectivity index (χ0n) is 9.50. The van der Waals surface area contributed by atoms with Gasteiger partial charge in [0.05, 0.1) is 0 Å². The lowest BCUT2D eigenvalue weighted by Gasteiger charge is -2.02. The first kappa shape index (κ1) is 11.9. The summed E-state index contributed by atoms with van der Waals surface area (Å²) in [5.74, 6) is 0.510. The predicted molar refractivity (Wildman–Crippen MR) is 66.2 cm³/mol. The third-order valence-electron chi connectivity index (χ3n) is 2.42. The first-order valence-corrected chi connectivity index (χ1v) is 5.91. The molecule has 0 fully saturated rings.